The fraction of sp³-hybridized carbons (Fsp3) is 0.148. The van der Waals surface area contributed by atoms with Crippen LogP contribution in [0.4, 0.5) is 29.3 Å². The first kappa shape index (κ1) is 26.9. The van der Waals surface area contributed by atoms with E-state index in [1.165, 1.54) is 51.9 Å². The number of carbonyl (C=O) groups is 2. The molecular weight excluding hydrogens is 545 g/mol. The summed E-state index contributed by atoms with van der Waals surface area (Å²) in [6, 6.07) is 17.0. The highest BCUT2D eigenvalue weighted by atomic mass is 32.2. The normalized spacial score (nSPS) is 14.6. The van der Waals surface area contributed by atoms with Gasteiger partial charge in [0.25, 0.3) is 0 Å². The van der Waals surface area contributed by atoms with Crippen LogP contribution in [0.3, 0.4) is 0 Å². The van der Waals surface area contributed by atoms with Crippen LogP contribution in [0.5, 0.6) is 5.75 Å². The third kappa shape index (κ3) is 5.99. The van der Waals surface area contributed by atoms with Gasteiger partial charge in [-0.25, -0.2) is 14.5 Å². The first-order chi connectivity index (χ1) is 19.1. The minimum atomic E-state index is -4.77. The predicted octanol–water partition coefficient (Wildman–Crippen LogP) is 6.12. The molecule has 3 amide bonds. The van der Waals surface area contributed by atoms with Gasteiger partial charge in [-0.15, -0.1) is 18.3 Å². The van der Waals surface area contributed by atoms with Crippen molar-refractivity contribution in [2.24, 2.45) is 4.99 Å². The van der Waals surface area contributed by atoms with Gasteiger partial charge < -0.3 is 10.1 Å². The van der Waals surface area contributed by atoms with Gasteiger partial charge in [-0.05, 0) is 79.6 Å². The lowest BCUT2D eigenvalue weighted by Gasteiger charge is -2.19. The Morgan fingerprint density at radius 1 is 1.05 bits per heavy atom. The second-order valence-corrected chi connectivity index (χ2v) is 9.64. The number of rotatable bonds is 5. The van der Waals surface area contributed by atoms with Crippen LogP contribution in [-0.2, 0) is 4.79 Å². The molecule has 204 valence electrons. The summed E-state index contributed by atoms with van der Waals surface area (Å²) < 4.78 is 42.4. The first-order valence-electron chi connectivity index (χ1n) is 11.9. The molecule has 0 unspecified atom stereocenters. The maximum atomic E-state index is 12.7. The van der Waals surface area contributed by atoms with Crippen molar-refractivity contribution in [2.45, 2.75) is 20.2 Å². The highest BCUT2D eigenvalue weighted by Crippen LogP contribution is 2.31. The smallest absolute Gasteiger partial charge is 0.406 e. The van der Waals surface area contributed by atoms with Crippen molar-refractivity contribution in [2.75, 3.05) is 16.0 Å². The Labute approximate surface area is 230 Å². The first-order valence-corrected chi connectivity index (χ1v) is 12.9. The monoisotopic (exact) mass is 566 g/mol. The van der Waals surface area contributed by atoms with E-state index in [1.807, 2.05) is 32.0 Å². The molecular formula is C27H21F3N6O3S. The number of nitrogens with one attached hydrogen (secondary N) is 1. The van der Waals surface area contributed by atoms with Crippen molar-refractivity contribution in [3.05, 3.63) is 84.2 Å². The zero-order valence-electron chi connectivity index (χ0n) is 21.1. The van der Waals surface area contributed by atoms with E-state index in [4.69, 9.17) is 0 Å². The average Bonchev–Trinajstić information content (AvgIpc) is 3.53. The number of aromatic nitrogens is 3. The van der Waals surface area contributed by atoms with Gasteiger partial charge in [-0.2, -0.15) is 4.99 Å². The number of anilines is 2. The van der Waals surface area contributed by atoms with Crippen LogP contribution in [0, 0.1) is 13.8 Å². The maximum absolute atomic E-state index is 12.7. The highest BCUT2D eigenvalue weighted by Gasteiger charge is 2.32. The van der Waals surface area contributed by atoms with E-state index < -0.39 is 12.4 Å². The van der Waals surface area contributed by atoms with Gasteiger partial charge in [0.2, 0.25) is 5.91 Å². The Kier molecular flexibility index (Phi) is 7.30. The molecule has 0 radical (unpaired) electrons. The maximum Gasteiger partial charge on any atom is 0.573 e. The van der Waals surface area contributed by atoms with E-state index in [0.717, 1.165) is 11.1 Å². The molecule has 5 rings (SSSR count). The number of amides is 3. The second-order valence-electron chi connectivity index (χ2n) is 8.69. The molecule has 0 spiro atoms. The van der Waals surface area contributed by atoms with Crippen molar-refractivity contribution < 1.29 is 27.5 Å². The number of aryl methyl sites for hydroxylation is 1. The van der Waals surface area contributed by atoms with E-state index in [-0.39, 0.29) is 17.4 Å². The van der Waals surface area contributed by atoms with Gasteiger partial charge in [0.1, 0.15) is 12.1 Å². The van der Waals surface area contributed by atoms with Gasteiger partial charge in [-0.1, -0.05) is 23.9 Å². The van der Waals surface area contributed by atoms with Crippen molar-refractivity contribution in [3.8, 4) is 22.8 Å². The molecule has 1 aliphatic rings. The molecule has 40 heavy (non-hydrogen) atoms. The quantitative estimate of drug-likeness (QED) is 0.313. The Balaban J connectivity index is 1.26. The number of halogens is 3. The topological polar surface area (TPSA) is 102 Å². The number of hydrogen-bond acceptors (Lipinski definition) is 6. The van der Waals surface area contributed by atoms with Crippen molar-refractivity contribution in [3.63, 3.8) is 0 Å². The van der Waals surface area contributed by atoms with E-state index in [0.29, 0.717) is 33.6 Å². The van der Waals surface area contributed by atoms with Crippen LogP contribution in [0.25, 0.3) is 17.1 Å². The molecule has 1 N–H and O–H groups in total. The number of benzene rings is 3. The Morgan fingerprint density at radius 2 is 1.77 bits per heavy atom. The van der Waals surface area contributed by atoms with E-state index >= 15 is 0 Å². The number of hydrogen-bond donors (Lipinski definition) is 1. The van der Waals surface area contributed by atoms with Crippen LogP contribution in [0.1, 0.15) is 11.1 Å². The van der Waals surface area contributed by atoms with Gasteiger partial charge in [0.05, 0.1) is 17.1 Å². The molecule has 1 saturated heterocycles. The van der Waals surface area contributed by atoms with Gasteiger partial charge in [0.15, 0.2) is 11.0 Å². The molecule has 2 heterocycles. The average molecular weight is 567 g/mol. The Hall–Kier alpha value is -4.65. The molecule has 0 saturated carbocycles. The minimum absolute atomic E-state index is 0.146. The lowest BCUT2D eigenvalue weighted by Crippen LogP contribution is -2.31. The third-order valence-corrected chi connectivity index (χ3v) is 6.92. The molecule has 1 aromatic heterocycles. The van der Waals surface area contributed by atoms with Crippen LogP contribution in [0.2, 0.25) is 0 Å². The van der Waals surface area contributed by atoms with Crippen molar-refractivity contribution in [1.29, 1.82) is 0 Å². The summed E-state index contributed by atoms with van der Waals surface area (Å²) in [6.45, 7) is 3.87. The van der Waals surface area contributed by atoms with Crippen molar-refractivity contribution in [1.82, 2.24) is 14.8 Å². The summed E-state index contributed by atoms with van der Waals surface area (Å²) in [5, 5.41) is 7.37. The Morgan fingerprint density at radius 3 is 2.48 bits per heavy atom. The van der Waals surface area contributed by atoms with Crippen molar-refractivity contribution >= 4 is 40.2 Å². The third-order valence-electron chi connectivity index (χ3n) is 6.00. The van der Waals surface area contributed by atoms with Gasteiger partial charge in [-0.3, -0.25) is 9.69 Å². The number of aliphatic imine (C=N–C) groups is 1. The molecule has 1 fully saturated rings. The van der Waals surface area contributed by atoms with Gasteiger partial charge >= 0.3 is 12.4 Å². The molecule has 3 aromatic carbocycles. The van der Waals surface area contributed by atoms with Crippen LogP contribution in [0.15, 0.2) is 78.0 Å². The highest BCUT2D eigenvalue weighted by molar-refractivity contribution is 8.15. The number of ether oxygens (including phenoxy) is 1. The van der Waals surface area contributed by atoms with Gasteiger partial charge in [0, 0.05) is 11.3 Å². The molecule has 0 atom stereocenters. The number of thioether (sulfide) groups is 1. The number of nitrogens with zero attached hydrogens (tertiary/aromatic N) is 5. The molecule has 4 aromatic rings. The minimum Gasteiger partial charge on any atom is -0.406 e. The summed E-state index contributed by atoms with van der Waals surface area (Å²) in [7, 11) is 0. The molecule has 9 nitrogen and oxygen atoms in total. The predicted molar refractivity (Wildman–Crippen MR) is 146 cm³/mol. The lowest BCUT2D eigenvalue weighted by molar-refractivity contribution is -0.274. The summed E-state index contributed by atoms with van der Waals surface area (Å²) in [5.74, 6) is 0.0839. The zero-order chi connectivity index (χ0) is 28.4. The number of amidine groups is 1. The van der Waals surface area contributed by atoms with E-state index in [2.05, 4.69) is 25.1 Å². The zero-order valence-corrected chi connectivity index (χ0v) is 22.0. The molecule has 1 aliphatic heterocycles. The number of carbonyl (C=O) groups excluding carboxylic acids is 2. The Bertz CT molecular complexity index is 1600. The van der Waals surface area contributed by atoms with E-state index in [1.54, 1.807) is 24.3 Å². The van der Waals surface area contributed by atoms with Crippen LogP contribution in [-0.4, -0.2) is 44.0 Å². The SMILES string of the molecule is Cc1cccc(N2C(=O)CS/C2=N\C(=O)Nc2ccc(-c3ncn(-c4ccc(OC(F)(F)F)cc4)n3)cc2)c1C. The molecule has 13 heteroatoms. The largest absolute Gasteiger partial charge is 0.573 e. The van der Waals surface area contributed by atoms with E-state index in [9.17, 15) is 22.8 Å². The summed E-state index contributed by atoms with van der Waals surface area (Å²) in [5.41, 5.74) is 4.28. The number of urea groups is 1. The lowest BCUT2D eigenvalue weighted by atomic mass is 10.1. The summed E-state index contributed by atoms with van der Waals surface area (Å²) in [6.07, 6.45) is -3.33. The molecule has 0 bridgehead atoms. The van der Waals surface area contributed by atoms with Crippen LogP contribution >= 0.6 is 11.8 Å². The second kappa shape index (κ2) is 10.8. The van der Waals surface area contributed by atoms with Crippen LogP contribution < -0.4 is 15.0 Å². The standard InChI is InChI=1S/C27H21F3N6O3S/c1-16-4-3-5-22(17(16)2)36-23(37)14-40-26(36)33-25(38)32-19-8-6-18(7-9-19)24-31-15-35(34-24)20-10-12-21(13-11-20)39-27(28,29)30/h3-13,15H,14H2,1-2H3,(H,32,38)/b33-26-. The summed E-state index contributed by atoms with van der Waals surface area (Å²) in [4.78, 5) is 35.1. The molecule has 0 aliphatic carbocycles. The fourth-order valence-electron chi connectivity index (χ4n) is 3.92. The summed E-state index contributed by atoms with van der Waals surface area (Å²) >= 11 is 1.20. The number of alkyl halides is 3. The fourth-order valence-corrected chi connectivity index (χ4v) is 4.78.